The van der Waals surface area contributed by atoms with E-state index in [9.17, 15) is 0 Å². The van der Waals surface area contributed by atoms with Gasteiger partial charge in [0.05, 0.1) is 6.61 Å². The Bertz CT molecular complexity index is 668. The van der Waals surface area contributed by atoms with Gasteiger partial charge in [0.2, 0.25) is 0 Å². The second-order valence-electron chi connectivity index (χ2n) is 8.34. The molecule has 3 rings (SSSR count). The van der Waals surface area contributed by atoms with Crippen LogP contribution in [0.2, 0.25) is 5.02 Å². The number of hydrogen-bond acceptors (Lipinski definition) is 3. The van der Waals surface area contributed by atoms with Crippen LogP contribution < -0.4 is 5.32 Å². The van der Waals surface area contributed by atoms with Gasteiger partial charge in [-0.05, 0) is 70.3 Å². The molecule has 2 saturated heterocycles. The predicted octanol–water partition coefficient (Wildman–Crippen LogP) is 4.05. The van der Waals surface area contributed by atoms with E-state index in [2.05, 4.69) is 54.2 Å². The molecule has 0 aliphatic carbocycles. The van der Waals surface area contributed by atoms with Crippen molar-refractivity contribution in [3.05, 3.63) is 34.9 Å². The van der Waals surface area contributed by atoms with Crippen LogP contribution >= 0.6 is 11.6 Å². The minimum atomic E-state index is 0.373. The van der Waals surface area contributed by atoms with Crippen molar-refractivity contribution in [2.24, 2.45) is 16.8 Å². The Hall–Kier alpha value is -1.30. The second-order valence-corrected chi connectivity index (χ2v) is 8.77. The summed E-state index contributed by atoms with van der Waals surface area (Å²) in [4.78, 5) is 9.98. The van der Waals surface area contributed by atoms with E-state index in [0.29, 0.717) is 17.9 Å². The lowest BCUT2D eigenvalue weighted by Crippen LogP contribution is -2.42. The van der Waals surface area contributed by atoms with Crippen molar-refractivity contribution >= 4 is 17.6 Å². The highest BCUT2D eigenvalue weighted by molar-refractivity contribution is 6.30. The summed E-state index contributed by atoms with van der Waals surface area (Å²) < 4.78 is 5.64. The van der Waals surface area contributed by atoms with Gasteiger partial charge in [0.1, 0.15) is 0 Å². The average molecular weight is 421 g/mol. The van der Waals surface area contributed by atoms with Crippen LogP contribution in [0.25, 0.3) is 0 Å². The molecular formula is C23H37ClN4O. The van der Waals surface area contributed by atoms with Crippen LogP contribution in [0.4, 0.5) is 0 Å². The van der Waals surface area contributed by atoms with Crippen LogP contribution in [0, 0.1) is 11.8 Å². The topological polar surface area (TPSA) is 40.1 Å². The number of guanidine groups is 1. The number of piperidine rings is 1. The molecule has 0 bridgehead atoms. The molecule has 1 aromatic carbocycles. The van der Waals surface area contributed by atoms with E-state index in [-0.39, 0.29) is 0 Å². The van der Waals surface area contributed by atoms with E-state index in [0.717, 1.165) is 56.9 Å². The summed E-state index contributed by atoms with van der Waals surface area (Å²) in [6.45, 7) is 10.8. The van der Waals surface area contributed by atoms with Gasteiger partial charge in [-0.25, -0.2) is 0 Å². The zero-order valence-electron chi connectivity index (χ0n) is 18.2. The Kier molecular flexibility index (Phi) is 8.64. The number of ether oxygens (including phenoxy) is 1. The van der Waals surface area contributed by atoms with Gasteiger partial charge in [0, 0.05) is 49.8 Å². The first-order valence-electron chi connectivity index (χ1n) is 11.2. The van der Waals surface area contributed by atoms with E-state index in [1.165, 1.54) is 24.8 Å². The molecule has 0 spiro atoms. The third-order valence-corrected chi connectivity index (χ3v) is 6.39. The zero-order valence-corrected chi connectivity index (χ0v) is 19.0. The van der Waals surface area contributed by atoms with Gasteiger partial charge in [-0.2, -0.15) is 0 Å². The Morgan fingerprint density at radius 1 is 1.28 bits per heavy atom. The molecule has 3 atom stereocenters. The summed E-state index contributed by atoms with van der Waals surface area (Å²) >= 11 is 6.29. The van der Waals surface area contributed by atoms with Crippen LogP contribution in [0.3, 0.4) is 0 Å². The van der Waals surface area contributed by atoms with E-state index in [1.807, 2.05) is 6.07 Å². The molecule has 0 saturated carbocycles. The molecule has 1 N–H and O–H groups in total. The molecule has 0 aromatic heterocycles. The molecule has 0 radical (unpaired) electrons. The summed E-state index contributed by atoms with van der Waals surface area (Å²) in [5.74, 6) is 2.17. The number of benzene rings is 1. The quantitative estimate of drug-likeness (QED) is 0.533. The lowest BCUT2D eigenvalue weighted by atomic mass is 9.85. The number of nitrogens with zero attached hydrogens (tertiary/aromatic N) is 3. The van der Waals surface area contributed by atoms with Gasteiger partial charge < -0.3 is 15.0 Å². The molecule has 162 valence electrons. The number of halogens is 1. The van der Waals surface area contributed by atoms with Gasteiger partial charge in [-0.3, -0.25) is 9.89 Å². The molecule has 2 heterocycles. The minimum Gasteiger partial charge on any atom is -0.381 e. The summed E-state index contributed by atoms with van der Waals surface area (Å²) in [6, 6.07) is 8.72. The first-order chi connectivity index (χ1) is 14.1. The van der Waals surface area contributed by atoms with Crippen molar-refractivity contribution < 1.29 is 4.74 Å². The van der Waals surface area contributed by atoms with Gasteiger partial charge in [0.25, 0.3) is 0 Å². The van der Waals surface area contributed by atoms with E-state index in [4.69, 9.17) is 21.3 Å². The maximum atomic E-state index is 6.29. The van der Waals surface area contributed by atoms with Crippen molar-refractivity contribution in [3.63, 3.8) is 0 Å². The van der Waals surface area contributed by atoms with Crippen molar-refractivity contribution in [2.75, 3.05) is 53.0 Å². The Labute approximate surface area is 181 Å². The fourth-order valence-corrected chi connectivity index (χ4v) is 4.94. The summed E-state index contributed by atoms with van der Waals surface area (Å²) in [7, 11) is 2.23. The highest BCUT2D eigenvalue weighted by atomic mass is 35.5. The lowest BCUT2D eigenvalue weighted by Gasteiger charge is -2.39. The molecule has 1 aromatic rings. The predicted molar refractivity (Wildman–Crippen MR) is 122 cm³/mol. The van der Waals surface area contributed by atoms with Crippen molar-refractivity contribution in [1.29, 1.82) is 0 Å². The van der Waals surface area contributed by atoms with Crippen LogP contribution in [0.15, 0.2) is 29.3 Å². The van der Waals surface area contributed by atoms with Crippen LogP contribution in [-0.2, 0) is 4.74 Å². The highest BCUT2D eigenvalue weighted by Gasteiger charge is 2.31. The summed E-state index contributed by atoms with van der Waals surface area (Å²) in [5.41, 5.74) is 1.31. The molecule has 2 aliphatic rings. The third kappa shape index (κ3) is 6.09. The number of likely N-dealkylation sites (tertiary alicyclic amines) is 2. The Morgan fingerprint density at radius 3 is 2.90 bits per heavy atom. The Balaban J connectivity index is 1.70. The number of nitrogens with one attached hydrogen (secondary N) is 1. The lowest BCUT2D eigenvalue weighted by molar-refractivity contribution is 0.114. The smallest absolute Gasteiger partial charge is 0.193 e. The van der Waals surface area contributed by atoms with Crippen LogP contribution in [0.1, 0.15) is 44.7 Å². The monoisotopic (exact) mass is 420 g/mol. The number of aliphatic imine (C=N–C) groups is 1. The molecule has 29 heavy (non-hydrogen) atoms. The maximum Gasteiger partial charge on any atom is 0.193 e. The SMILES string of the molecule is CCNC(=NCC1CCCN(C)C1c1cccc(Cl)c1)N1CCC(COCC)C1. The highest BCUT2D eigenvalue weighted by Crippen LogP contribution is 2.36. The Morgan fingerprint density at radius 2 is 2.14 bits per heavy atom. The standard InChI is InChI=1S/C23H37ClN4O/c1-4-25-23(28-13-11-18(16-28)17-29-5-2)26-15-20-9-7-12-27(3)22(20)19-8-6-10-21(24)14-19/h6,8,10,14,18,20,22H,4-5,7,9,11-13,15-17H2,1-3H3,(H,25,26). The van der Waals surface area contributed by atoms with Crippen LogP contribution in [0.5, 0.6) is 0 Å². The molecule has 0 amide bonds. The second kappa shape index (κ2) is 11.2. The van der Waals surface area contributed by atoms with Gasteiger partial charge in [0.15, 0.2) is 5.96 Å². The normalized spacial score (nSPS) is 26.1. The molecule has 3 unspecified atom stereocenters. The van der Waals surface area contributed by atoms with Crippen LogP contribution in [-0.4, -0.2) is 68.7 Å². The molecule has 5 nitrogen and oxygen atoms in total. The first kappa shape index (κ1) is 22.4. The number of hydrogen-bond donors (Lipinski definition) is 1. The fraction of sp³-hybridized carbons (Fsp3) is 0.696. The van der Waals surface area contributed by atoms with Gasteiger partial charge >= 0.3 is 0 Å². The zero-order chi connectivity index (χ0) is 20.6. The van der Waals surface area contributed by atoms with Crippen molar-refractivity contribution in [3.8, 4) is 0 Å². The maximum absolute atomic E-state index is 6.29. The summed E-state index contributed by atoms with van der Waals surface area (Å²) in [6.07, 6.45) is 3.61. The fourth-order valence-electron chi connectivity index (χ4n) is 4.74. The minimum absolute atomic E-state index is 0.373. The van der Waals surface area contributed by atoms with Crippen molar-refractivity contribution in [2.45, 2.75) is 39.2 Å². The average Bonchev–Trinajstić information content (AvgIpc) is 3.18. The first-order valence-corrected chi connectivity index (χ1v) is 11.6. The van der Waals surface area contributed by atoms with E-state index >= 15 is 0 Å². The van der Waals surface area contributed by atoms with E-state index < -0.39 is 0 Å². The molecule has 6 heteroatoms. The summed E-state index contributed by atoms with van der Waals surface area (Å²) in [5, 5.41) is 4.33. The molecular weight excluding hydrogens is 384 g/mol. The largest absolute Gasteiger partial charge is 0.381 e. The molecule has 2 fully saturated rings. The van der Waals surface area contributed by atoms with Gasteiger partial charge in [-0.1, -0.05) is 23.7 Å². The van der Waals surface area contributed by atoms with Crippen molar-refractivity contribution in [1.82, 2.24) is 15.1 Å². The number of rotatable bonds is 7. The third-order valence-electron chi connectivity index (χ3n) is 6.15. The van der Waals surface area contributed by atoms with Gasteiger partial charge in [-0.15, -0.1) is 0 Å². The van der Waals surface area contributed by atoms with E-state index in [1.54, 1.807) is 0 Å². The molecule has 2 aliphatic heterocycles.